The number of hydrogen-bond donors (Lipinski definition) is 2. The van der Waals surface area contributed by atoms with Gasteiger partial charge in [-0.25, -0.2) is 4.98 Å². The first-order valence-corrected chi connectivity index (χ1v) is 4.52. The van der Waals surface area contributed by atoms with E-state index in [1.165, 1.54) is 6.20 Å². The molecule has 6 heteroatoms. The summed E-state index contributed by atoms with van der Waals surface area (Å²) in [5.74, 6) is -0.173. The van der Waals surface area contributed by atoms with E-state index in [0.717, 1.165) is 0 Å². The normalized spacial score (nSPS) is 12.8. The molecule has 14 heavy (non-hydrogen) atoms. The standard InChI is InChI=1S/C8H12ClN3O2/c1-5(8(13)14)10-4-7-11-3-6(9)12(7)2/h3,5,10H,4H2,1-2H3,(H,13,14)/t5-/m0/s1. The lowest BCUT2D eigenvalue weighted by atomic mass is 10.3. The van der Waals surface area contributed by atoms with Crippen molar-refractivity contribution in [3.05, 3.63) is 17.2 Å². The highest BCUT2D eigenvalue weighted by Gasteiger charge is 2.11. The highest BCUT2D eigenvalue weighted by Crippen LogP contribution is 2.08. The molecule has 0 amide bonds. The van der Waals surface area contributed by atoms with Crippen LogP contribution in [0.4, 0.5) is 0 Å². The molecule has 0 aliphatic heterocycles. The van der Waals surface area contributed by atoms with Crippen LogP contribution in [-0.2, 0) is 18.4 Å². The van der Waals surface area contributed by atoms with Crippen LogP contribution in [0.15, 0.2) is 6.20 Å². The van der Waals surface area contributed by atoms with Gasteiger partial charge in [-0.2, -0.15) is 0 Å². The maximum absolute atomic E-state index is 10.5. The van der Waals surface area contributed by atoms with Crippen molar-refractivity contribution in [1.82, 2.24) is 14.9 Å². The predicted octanol–water partition coefficient (Wildman–Crippen LogP) is 0.636. The Labute approximate surface area is 86.7 Å². The monoisotopic (exact) mass is 217 g/mol. The molecule has 1 atom stereocenters. The van der Waals surface area contributed by atoms with E-state index in [1.807, 2.05) is 0 Å². The van der Waals surface area contributed by atoms with Gasteiger partial charge in [0.1, 0.15) is 17.0 Å². The smallest absolute Gasteiger partial charge is 0.320 e. The van der Waals surface area contributed by atoms with Gasteiger partial charge >= 0.3 is 5.97 Å². The van der Waals surface area contributed by atoms with Gasteiger partial charge in [-0.3, -0.25) is 10.1 Å². The minimum absolute atomic E-state index is 0.386. The Balaban J connectivity index is 2.54. The van der Waals surface area contributed by atoms with Crippen molar-refractivity contribution in [2.24, 2.45) is 7.05 Å². The van der Waals surface area contributed by atoms with Crippen LogP contribution in [0, 0.1) is 0 Å². The minimum Gasteiger partial charge on any atom is -0.480 e. The molecule has 0 bridgehead atoms. The van der Waals surface area contributed by atoms with Crippen LogP contribution in [-0.4, -0.2) is 26.7 Å². The molecule has 1 aromatic heterocycles. The molecule has 1 heterocycles. The highest BCUT2D eigenvalue weighted by molar-refractivity contribution is 6.29. The Kier molecular flexibility index (Phi) is 3.49. The molecule has 78 valence electrons. The first-order chi connectivity index (χ1) is 6.52. The third-order valence-corrected chi connectivity index (χ3v) is 2.32. The fraction of sp³-hybridized carbons (Fsp3) is 0.500. The van der Waals surface area contributed by atoms with E-state index in [0.29, 0.717) is 17.5 Å². The average molecular weight is 218 g/mol. The van der Waals surface area contributed by atoms with Crippen molar-refractivity contribution in [1.29, 1.82) is 0 Å². The van der Waals surface area contributed by atoms with E-state index < -0.39 is 12.0 Å². The predicted molar refractivity (Wildman–Crippen MR) is 52.2 cm³/mol. The minimum atomic E-state index is -0.884. The lowest BCUT2D eigenvalue weighted by Crippen LogP contribution is -2.33. The van der Waals surface area contributed by atoms with E-state index in [2.05, 4.69) is 10.3 Å². The zero-order valence-electron chi connectivity index (χ0n) is 7.99. The Morgan fingerprint density at radius 1 is 1.86 bits per heavy atom. The van der Waals surface area contributed by atoms with E-state index in [4.69, 9.17) is 16.7 Å². The topological polar surface area (TPSA) is 67.2 Å². The van der Waals surface area contributed by atoms with Gasteiger partial charge in [0, 0.05) is 7.05 Å². The number of rotatable bonds is 4. The molecule has 0 radical (unpaired) electrons. The summed E-state index contributed by atoms with van der Waals surface area (Å²) in [7, 11) is 1.78. The molecule has 0 aliphatic rings. The van der Waals surface area contributed by atoms with Gasteiger partial charge in [-0.05, 0) is 6.92 Å². The lowest BCUT2D eigenvalue weighted by Gasteiger charge is -2.08. The third-order valence-electron chi connectivity index (χ3n) is 1.96. The van der Waals surface area contributed by atoms with Gasteiger partial charge in [0.15, 0.2) is 0 Å². The fourth-order valence-corrected chi connectivity index (χ4v) is 1.07. The van der Waals surface area contributed by atoms with Crippen molar-refractivity contribution < 1.29 is 9.90 Å². The van der Waals surface area contributed by atoms with Crippen molar-refractivity contribution in [2.75, 3.05) is 0 Å². The van der Waals surface area contributed by atoms with Gasteiger partial charge in [0.25, 0.3) is 0 Å². The second-order valence-corrected chi connectivity index (χ2v) is 3.38. The SMILES string of the molecule is C[C@H](NCc1ncc(Cl)n1C)C(=O)O. The average Bonchev–Trinajstić information content (AvgIpc) is 2.44. The summed E-state index contributed by atoms with van der Waals surface area (Å²) >= 11 is 5.76. The first kappa shape index (κ1) is 11.0. The molecule has 5 nitrogen and oxygen atoms in total. The van der Waals surface area contributed by atoms with Crippen LogP contribution in [0.1, 0.15) is 12.7 Å². The number of hydrogen-bond acceptors (Lipinski definition) is 3. The quantitative estimate of drug-likeness (QED) is 0.777. The molecule has 0 fully saturated rings. The van der Waals surface area contributed by atoms with Crippen LogP contribution in [0.5, 0.6) is 0 Å². The number of nitrogens with one attached hydrogen (secondary N) is 1. The second kappa shape index (κ2) is 4.43. The van der Waals surface area contributed by atoms with E-state index in [1.54, 1.807) is 18.5 Å². The van der Waals surface area contributed by atoms with E-state index >= 15 is 0 Å². The van der Waals surface area contributed by atoms with Crippen molar-refractivity contribution >= 4 is 17.6 Å². The van der Waals surface area contributed by atoms with Crippen LogP contribution < -0.4 is 5.32 Å². The number of nitrogens with zero attached hydrogens (tertiary/aromatic N) is 2. The molecule has 0 aromatic carbocycles. The summed E-state index contributed by atoms with van der Waals surface area (Å²) in [5, 5.41) is 12.0. The van der Waals surface area contributed by atoms with Crippen LogP contribution in [0.3, 0.4) is 0 Å². The summed E-state index contributed by atoms with van der Waals surface area (Å²) in [6, 6.07) is -0.592. The van der Waals surface area contributed by atoms with Crippen LogP contribution in [0.25, 0.3) is 0 Å². The second-order valence-electron chi connectivity index (χ2n) is 3.00. The summed E-state index contributed by atoms with van der Waals surface area (Å²) in [6.45, 7) is 1.96. The first-order valence-electron chi connectivity index (χ1n) is 4.14. The molecule has 0 spiro atoms. The molecular weight excluding hydrogens is 206 g/mol. The lowest BCUT2D eigenvalue weighted by molar-refractivity contribution is -0.139. The molecule has 0 aliphatic carbocycles. The molecule has 0 saturated heterocycles. The van der Waals surface area contributed by atoms with E-state index in [-0.39, 0.29) is 0 Å². The number of aromatic nitrogens is 2. The van der Waals surface area contributed by atoms with Gasteiger partial charge < -0.3 is 9.67 Å². The zero-order valence-corrected chi connectivity index (χ0v) is 8.75. The number of carboxylic acids is 1. The van der Waals surface area contributed by atoms with Crippen LogP contribution in [0.2, 0.25) is 5.15 Å². The molecule has 1 rings (SSSR count). The summed E-state index contributed by atoms with van der Waals surface area (Å²) in [5.41, 5.74) is 0. The summed E-state index contributed by atoms with van der Waals surface area (Å²) < 4.78 is 1.70. The fourth-order valence-electron chi connectivity index (χ4n) is 0.920. The number of halogens is 1. The maximum Gasteiger partial charge on any atom is 0.320 e. The van der Waals surface area contributed by atoms with Gasteiger partial charge in [0.05, 0.1) is 12.7 Å². The van der Waals surface area contributed by atoms with Crippen molar-refractivity contribution in [3.63, 3.8) is 0 Å². The number of imidazole rings is 1. The van der Waals surface area contributed by atoms with Gasteiger partial charge in [0.2, 0.25) is 0 Å². The summed E-state index contributed by atoms with van der Waals surface area (Å²) in [6.07, 6.45) is 1.53. The highest BCUT2D eigenvalue weighted by atomic mass is 35.5. The Bertz CT molecular complexity index is 337. The third kappa shape index (κ3) is 2.46. The largest absolute Gasteiger partial charge is 0.480 e. The van der Waals surface area contributed by atoms with E-state index in [9.17, 15) is 4.79 Å². The maximum atomic E-state index is 10.5. The Morgan fingerprint density at radius 2 is 2.50 bits per heavy atom. The zero-order chi connectivity index (χ0) is 10.7. The van der Waals surface area contributed by atoms with Gasteiger partial charge in [-0.1, -0.05) is 11.6 Å². The molecule has 0 unspecified atom stereocenters. The molecule has 2 N–H and O–H groups in total. The van der Waals surface area contributed by atoms with Crippen molar-refractivity contribution in [2.45, 2.75) is 19.5 Å². The van der Waals surface area contributed by atoms with Gasteiger partial charge in [-0.15, -0.1) is 0 Å². The number of carbonyl (C=O) groups is 1. The van der Waals surface area contributed by atoms with Crippen LogP contribution >= 0.6 is 11.6 Å². The molecule has 1 aromatic rings. The van der Waals surface area contributed by atoms with Crippen molar-refractivity contribution in [3.8, 4) is 0 Å². The summed E-state index contributed by atoms with van der Waals surface area (Å²) in [4.78, 5) is 14.5. The molecule has 0 saturated carbocycles. The number of aliphatic carboxylic acids is 1. The Morgan fingerprint density at radius 3 is 2.93 bits per heavy atom. The molecular formula is C8H12ClN3O2. The number of carboxylic acid groups (broad SMARTS) is 1. The Hall–Kier alpha value is -1.07.